The van der Waals surface area contributed by atoms with Gasteiger partial charge >= 0.3 is 0 Å². The first-order chi connectivity index (χ1) is 12.3. The molecule has 2 aromatic heterocycles. The molecule has 2 aliphatic rings. The second-order valence-electron chi connectivity index (χ2n) is 8.34. The van der Waals surface area contributed by atoms with Gasteiger partial charge < -0.3 is 9.32 Å². The number of hydrogen-bond donors (Lipinski definition) is 0. The highest BCUT2D eigenvalue weighted by molar-refractivity contribution is 7.13. The van der Waals surface area contributed by atoms with Crippen LogP contribution in [0.25, 0.3) is 0 Å². The molecule has 0 radical (unpaired) electrons. The third kappa shape index (κ3) is 3.18. The van der Waals surface area contributed by atoms with E-state index in [9.17, 15) is 4.79 Å². The Kier molecular flexibility index (Phi) is 4.39. The third-order valence-electron chi connectivity index (χ3n) is 5.38. The van der Waals surface area contributed by atoms with Gasteiger partial charge in [-0.05, 0) is 38.4 Å². The molecule has 0 bridgehead atoms. The molecule has 0 saturated carbocycles. The molecular formula is C19H26N4O2S. The number of aromatic nitrogens is 2. The quantitative estimate of drug-likeness (QED) is 0.823. The second kappa shape index (κ2) is 6.46. The molecule has 26 heavy (non-hydrogen) atoms. The van der Waals surface area contributed by atoms with Crippen LogP contribution in [0.1, 0.15) is 52.6 Å². The Morgan fingerprint density at radius 1 is 1.35 bits per heavy atom. The standard InChI is InChI=1S/C19H26N4O2S/c1-12(2)7-16-20-21-17(25-16)14-8-19(9-22(14)4)10-23(11-19)18(24)15-6-5-13(3)26-15/h5-6,12,14H,7-11H2,1-4H3. The Morgan fingerprint density at radius 3 is 2.77 bits per heavy atom. The van der Waals surface area contributed by atoms with E-state index in [4.69, 9.17) is 4.42 Å². The van der Waals surface area contributed by atoms with Gasteiger partial charge in [-0.1, -0.05) is 13.8 Å². The lowest BCUT2D eigenvalue weighted by Gasteiger charge is -2.47. The summed E-state index contributed by atoms with van der Waals surface area (Å²) in [5.41, 5.74) is 0.161. The van der Waals surface area contributed by atoms with Crippen molar-refractivity contribution in [2.75, 3.05) is 26.7 Å². The average Bonchev–Trinajstić information content (AvgIpc) is 3.23. The van der Waals surface area contributed by atoms with Crippen molar-refractivity contribution in [1.29, 1.82) is 0 Å². The zero-order valence-electron chi connectivity index (χ0n) is 15.9. The topological polar surface area (TPSA) is 62.5 Å². The normalized spacial score (nSPS) is 22.3. The first-order valence-electron chi connectivity index (χ1n) is 9.23. The largest absolute Gasteiger partial charge is 0.424 e. The summed E-state index contributed by atoms with van der Waals surface area (Å²) in [7, 11) is 2.11. The summed E-state index contributed by atoms with van der Waals surface area (Å²) in [6.07, 6.45) is 1.79. The molecule has 0 N–H and O–H groups in total. The summed E-state index contributed by atoms with van der Waals surface area (Å²) in [6, 6.07) is 4.10. The highest BCUT2D eigenvalue weighted by Gasteiger charge is 2.53. The summed E-state index contributed by atoms with van der Waals surface area (Å²) in [5, 5.41) is 8.50. The zero-order chi connectivity index (χ0) is 18.5. The van der Waals surface area contributed by atoms with E-state index in [0.29, 0.717) is 5.92 Å². The number of thiophene rings is 1. The lowest BCUT2D eigenvalue weighted by Crippen LogP contribution is -2.59. The molecule has 4 rings (SSSR count). The van der Waals surface area contributed by atoms with Crippen molar-refractivity contribution in [2.45, 2.75) is 39.7 Å². The predicted molar refractivity (Wildman–Crippen MR) is 100 cm³/mol. The van der Waals surface area contributed by atoms with Crippen LogP contribution in [-0.4, -0.2) is 52.6 Å². The molecule has 7 heteroatoms. The molecule has 4 heterocycles. The number of rotatable bonds is 4. The highest BCUT2D eigenvalue weighted by atomic mass is 32.1. The average molecular weight is 375 g/mol. The van der Waals surface area contributed by atoms with Gasteiger partial charge in [0.05, 0.1) is 10.9 Å². The van der Waals surface area contributed by atoms with Crippen LogP contribution in [0.15, 0.2) is 16.5 Å². The maximum Gasteiger partial charge on any atom is 0.263 e. The van der Waals surface area contributed by atoms with Gasteiger partial charge in [0.1, 0.15) is 0 Å². The van der Waals surface area contributed by atoms with Crippen LogP contribution in [0.3, 0.4) is 0 Å². The van der Waals surface area contributed by atoms with Gasteiger partial charge in [0, 0.05) is 36.3 Å². The van der Waals surface area contributed by atoms with Crippen LogP contribution in [0.2, 0.25) is 0 Å². The first kappa shape index (κ1) is 17.7. The third-order valence-corrected chi connectivity index (χ3v) is 6.37. The van der Waals surface area contributed by atoms with Crippen LogP contribution in [0.5, 0.6) is 0 Å². The molecule has 1 unspecified atom stereocenters. The smallest absolute Gasteiger partial charge is 0.263 e. The van der Waals surface area contributed by atoms with E-state index >= 15 is 0 Å². The van der Waals surface area contributed by atoms with Crippen LogP contribution < -0.4 is 0 Å². The van der Waals surface area contributed by atoms with Crippen LogP contribution in [0, 0.1) is 18.3 Å². The van der Waals surface area contributed by atoms with E-state index in [2.05, 4.69) is 36.0 Å². The molecule has 1 spiro atoms. The SMILES string of the molecule is Cc1ccc(C(=O)N2CC3(CC(c4nnc(CC(C)C)o4)N(C)C3)C2)s1. The molecule has 2 saturated heterocycles. The zero-order valence-corrected chi connectivity index (χ0v) is 16.7. The van der Waals surface area contributed by atoms with Gasteiger partial charge in [0.15, 0.2) is 0 Å². The maximum atomic E-state index is 12.6. The Bertz CT molecular complexity index is 806. The first-order valence-corrected chi connectivity index (χ1v) is 10.1. The fourth-order valence-electron chi connectivity index (χ4n) is 4.22. The number of nitrogens with zero attached hydrogens (tertiary/aromatic N) is 4. The molecule has 140 valence electrons. The molecule has 1 amide bonds. The van der Waals surface area contributed by atoms with E-state index in [1.165, 1.54) is 4.88 Å². The Labute approximate surface area is 158 Å². The molecule has 2 aliphatic heterocycles. The lowest BCUT2D eigenvalue weighted by atomic mass is 9.77. The summed E-state index contributed by atoms with van der Waals surface area (Å²) >= 11 is 1.57. The number of likely N-dealkylation sites (tertiary alicyclic amines) is 2. The Hall–Kier alpha value is -1.73. The molecular weight excluding hydrogens is 348 g/mol. The van der Waals surface area contributed by atoms with Crippen LogP contribution in [0.4, 0.5) is 0 Å². The van der Waals surface area contributed by atoms with Crippen LogP contribution in [-0.2, 0) is 6.42 Å². The van der Waals surface area contributed by atoms with Crippen molar-refractivity contribution in [3.63, 3.8) is 0 Å². The molecule has 0 aliphatic carbocycles. The van der Waals surface area contributed by atoms with Crippen molar-refractivity contribution in [3.05, 3.63) is 33.7 Å². The molecule has 6 nitrogen and oxygen atoms in total. The highest BCUT2D eigenvalue weighted by Crippen LogP contribution is 2.47. The minimum absolute atomic E-state index is 0.157. The summed E-state index contributed by atoms with van der Waals surface area (Å²) in [4.78, 5) is 18.9. The van der Waals surface area contributed by atoms with E-state index < -0.39 is 0 Å². The summed E-state index contributed by atoms with van der Waals surface area (Å²) < 4.78 is 5.91. The van der Waals surface area contributed by atoms with Crippen molar-refractivity contribution in [1.82, 2.24) is 20.0 Å². The number of carbonyl (C=O) groups is 1. The van der Waals surface area contributed by atoms with Gasteiger partial charge in [-0.25, -0.2) is 0 Å². The minimum Gasteiger partial charge on any atom is -0.424 e. The molecule has 1 atom stereocenters. The molecule has 2 aromatic rings. The van der Waals surface area contributed by atoms with E-state index in [1.807, 2.05) is 24.0 Å². The minimum atomic E-state index is 0.157. The summed E-state index contributed by atoms with van der Waals surface area (Å²) in [6.45, 7) is 8.93. The number of hydrogen-bond acceptors (Lipinski definition) is 6. The number of aryl methyl sites for hydroxylation is 1. The van der Waals surface area contributed by atoms with Crippen molar-refractivity contribution in [2.24, 2.45) is 11.3 Å². The van der Waals surface area contributed by atoms with Gasteiger partial charge in [0.25, 0.3) is 5.91 Å². The Morgan fingerprint density at radius 2 is 2.12 bits per heavy atom. The van der Waals surface area contributed by atoms with E-state index in [-0.39, 0.29) is 17.4 Å². The second-order valence-corrected chi connectivity index (χ2v) is 9.63. The predicted octanol–water partition coefficient (Wildman–Crippen LogP) is 3.16. The molecule has 2 fully saturated rings. The Balaban J connectivity index is 1.40. The van der Waals surface area contributed by atoms with Crippen LogP contribution >= 0.6 is 11.3 Å². The van der Waals surface area contributed by atoms with Crippen molar-refractivity contribution in [3.8, 4) is 0 Å². The van der Waals surface area contributed by atoms with Crippen molar-refractivity contribution >= 4 is 17.2 Å². The van der Waals surface area contributed by atoms with Crippen molar-refractivity contribution < 1.29 is 9.21 Å². The molecule has 0 aromatic carbocycles. The lowest BCUT2D eigenvalue weighted by molar-refractivity contribution is 0.0119. The fraction of sp³-hybridized carbons (Fsp3) is 0.632. The fourth-order valence-corrected chi connectivity index (χ4v) is 5.06. The van der Waals surface area contributed by atoms with E-state index in [0.717, 1.165) is 49.1 Å². The summed E-state index contributed by atoms with van der Waals surface area (Å²) in [5.74, 6) is 2.11. The monoisotopic (exact) mass is 374 g/mol. The number of amides is 1. The van der Waals surface area contributed by atoms with Gasteiger partial charge in [-0.3, -0.25) is 9.69 Å². The maximum absolute atomic E-state index is 12.6. The number of carbonyl (C=O) groups excluding carboxylic acids is 1. The van der Waals surface area contributed by atoms with Gasteiger partial charge in [0.2, 0.25) is 11.8 Å². The van der Waals surface area contributed by atoms with Gasteiger partial charge in [-0.15, -0.1) is 21.5 Å². The van der Waals surface area contributed by atoms with E-state index in [1.54, 1.807) is 11.3 Å². The van der Waals surface area contributed by atoms with Gasteiger partial charge in [-0.2, -0.15) is 0 Å².